The summed E-state index contributed by atoms with van der Waals surface area (Å²) in [5.74, 6) is -0.119. The van der Waals surface area contributed by atoms with Crippen molar-refractivity contribution in [3.8, 4) is 0 Å². The number of benzene rings is 1. The minimum atomic E-state index is -0.119. The van der Waals surface area contributed by atoms with Crippen molar-refractivity contribution in [3.63, 3.8) is 0 Å². The maximum absolute atomic E-state index is 12.1. The van der Waals surface area contributed by atoms with E-state index >= 15 is 0 Å². The molecule has 23 heavy (non-hydrogen) atoms. The predicted molar refractivity (Wildman–Crippen MR) is 90.8 cm³/mol. The summed E-state index contributed by atoms with van der Waals surface area (Å²) in [6, 6.07) is 6.84. The number of amides is 1. The quantitative estimate of drug-likeness (QED) is 0.899. The number of halogens is 1. The zero-order chi connectivity index (χ0) is 16.1. The number of rotatable bonds is 5. The number of aromatic nitrogens is 1. The fraction of sp³-hybridized carbons (Fsp3) is 0.375. The average molecular weight is 352 g/mol. The molecular formula is C16H18ClN3O2S. The molecule has 1 N–H and O–H groups in total. The topological polar surface area (TPSA) is 54.5 Å². The zero-order valence-corrected chi connectivity index (χ0v) is 14.2. The van der Waals surface area contributed by atoms with Gasteiger partial charge in [-0.15, -0.1) is 11.3 Å². The van der Waals surface area contributed by atoms with Crippen LogP contribution in [-0.4, -0.2) is 42.1 Å². The zero-order valence-electron chi connectivity index (χ0n) is 12.6. The molecule has 5 nitrogen and oxygen atoms in total. The first-order valence-electron chi connectivity index (χ1n) is 7.48. The van der Waals surface area contributed by atoms with E-state index in [-0.39, 0.29) is 5.91 Å². The van der Waals surface area contributed by atoms with Gasteiger partial charge in [0.15, 0.2) is 0 Å². The van der Waals surface area contributed by atoms with Crippen molar-refractivity contribution in [1.82, 2.24) is 15.2 Å². The van der Waals surface area contributed by atoms with Gasteiger partial charge in [-0.3, -0.25) is 9.69 Å². The predicted octanol–water partition coefficient (Wildman–Crippen LogP) is 2.56. The molecule has 1 aliphatic rings. The molecule has 0 radical (unpaired) electrons. The molecule has 0 spiro atoms. The first kappa shape index (κ1) is 16.4. The summed E-state index contributed by atoms with van der Waals surface area (Å²) in [5.41, 5.74) is 1.65. The van der Waals surface area contributed by atoms with Gasteiger partial charge in [-0.05, 0) is 24.3 Å². The molecule has 1 saturated heterocycles. The van der Waals surface area contributed by atoms with Crippen molar-refractivity contribution in [2.75, 3.05) is 26.3 Å². The molecule has 0 bridgehead atoms. The highest BCUT2D eigenvalue weighted by Gasteiger charge is 2.13. The van der Waals surface area contributed by atoms with E-state index in [4.69, 9.17) is 16.3 Å². The minimum absolute atomic E-state index is 0.119. The van der Waals surface area contributed by atoms with Crippen LogP contribution in [-0.2, 0) is 17.8 Å². The van der Waals surface area contributed by atoms with Crippen molar-refractivity contribution >= 4 is 28.8 Å². The third-order valence-corrected chi connectivity index (χ3v) is 4.74. The number of nitrogens with one attached hydrogen (secondary N) is 1. The number of hydrogen-bond donors (Lipinski definition) is 1. The van der Waals surface area contributed by atoms with Crippen LogP contribution in [0.1, 0.15) is 21.1 Å². The Kier molecular flexibility index (Phi) is 5.61. The standard InChI is InChI=1S/C16H18ClN3O2S/c17-13-3-1-12(2-4-13)16(21)18-9-15-19-14(11-23-15)10-20-5-7-22-8-6-20/h1-4,11H,5-10H2,(H,18,21). The Labute approximate surface area is 144 Å². The normalized spacial score (nSPS) is 15.5. The molecule has 1 fully saturated rings. The van der Waals surface area contributed by atoms with Gasteiger partial charge in [-0.1, -0.05) is 11.6 Å². The molecule has 0 aliphatic carbocycles. The number of hydrogen-bond acceptors (Lipinski definition) is 5. The Morgan fingerprint density at radius 2 is 2.04 bits per heavy atom. The smallest absolute Gasteiger partial charge is 0.251 e. The fourth-order valence-electron chi connectivity index (χ4n) is 2.35. The number of carbonyl (C=O) groups excluding carboxylic acids is 1. The molecule has 1 aromatic heterocycles. The minimum Gasteiger partial charge on any atom is -0.379 e. The summed E-state index contributed by atoms with van der Waals surface area (Å²) in [6.45, 7) is 4.74. The molecule has 0 atom stereocenters. The molecule has 1 aromatic carbocycles. The molecule has 2 aromatic rings. The lowest BCUT2D eigenvalue weighted by atomic mass is 10.2. The van der Waals surface area contributed by atoms with E-state index < -0.39 is 0 Å². The first-order valence-corrected chi connectivity index (χ1v) is 8.73. The number of morpholine rings is 1. The lowest BCUT2D eigenvalue weighted by Gasteiger charge is -2.25. The van der Waals surface area contributed by atoms with Crippen molar-refractivity contribution in [2.24, 2.45) is 0 Å². The molecule has 122 valence electrons. The molecular weight excluding hydrogens is 334 g/mol. The molecule has 7 heteroatoms. The third kappa shape index (κ3) is 4.75. The van der Waals surface area contributed by atoms with Gasteiger partial charge in [0.1, 0.15) is 5.01 Å². The van der Waals surface area contributed by atoms with Crippen LogP contribution in [0.3, 0.4) is 0 Å². The van der Waals surface area contributed by atoms with Crippen LogP contribution in [0, 0.1) is 0 Å². The second-order valence-electron chi connectivity index (χ2n) is 5.31. The lowest BCUT2D eigenvalue weighted by molar-refractivity contribution is 0.0337. The molecule has 2 heterocycles. The monoisotopic (exact) mass is 351 g/mol. The van der Waals surface area contributed by atoms with Gasteiger partial charge in [-0.2, -0.15) is 0 Å². The Morgan fingerprint density at radius 1 is 1.30 bits per heavy atom. The van der Waals surface area contributed by atoms with E-state index in [1.54, 1.807) is 35.6 Å². The van der Waals surface area contributed by atoms with Crippen LogP contribution < -0.4 is 5.32 Å². The summed E-state index contributed by atoms with van der Waals surface area (Å²) in [4.78, 5) is 19.0. The van der Waals surface area contributed by atoms with E-state index in [9.17, 15) is 4.79 Å². The fourth-order valence-corrected chi connectivity index (χ4v) is 3.20. The number of thiazole rings is 1. The Hall–Kier alpha value is -1.47. The second-order valence-corrected chi connectivity index (χ2v) is 6.69. The molecule has 1 amide bonds. The van der Waals surface area contributed by atoms with E-state index in [1.165, 1.54) is 0 Å². The van der Waals surface area contributed by atoms with Crippen molar-refractivity contribution in [2.45, 2.75) is 13.1 Å². The lowest BCUT2D eigenvalue weighted by Crippen LogP contribution is -2.35. The molecule has 3 rings (SSSR count). The highest BCUT2D eigenvalue weighted by Crippen LogP contribution is 2.13. The van der Waals surface area contributed by atoms with Crippen LogP contribution in [0.4, 0.5) is 0 Å². The van der Waals surface area contributed by atoms with Crippen LogP contribution in [0.2, 0.25) is 5.02 Å². The number of ether oxygens (including phenoxy) is 1. The van der Waals surface area contributed by atoms with Crippen LogP contribution in [0.15, 0.2) is 29.6 Å². The molecule has 1 aliphatic heterocycles. The van der Waals surface area contributed by atoms with Crippen LogP contribution in [0.5, 0.6) is 0 Å². The highest BCUT2D eigenvalue weighted by molar-refractivity contribution is 7.09. The number of nitrogens with zero attached hydrogens (tertiary/aromatic N) is 2. The van der Waals surface area contributed by atoms with Gasteiger partial charge in [0.05, 0.1) is 25.5 Å². The maximum Gasteiger partial charge on any atom is 0.251 e. The largest absolute Gasteiger partial charge is 0.379 e. The van der Waals surface area contributed by atoms with Crippen molar-refractivity contribution in [1.29, 1.82) is 0 Å². The highest BCUT2D eigenvalue weighted by atomic mass is 35.5. The second kappa shape index (κ2) is 7.88. The Morgan fingerprint density at radius 3 is 2.78 bits per heavy atom. The van der Waals surface area contributed by atoms with Gasteiger partial charge in [-0.25, -0.2) is 4.98 Å². The van der Waals surface area contributed by atoms with Crippen molar-refractivity contribution in [3.05, 3.63) is 50.9 Å². The summed E-state index contributed by atoms with van der Waals surface area (Å²) in [6.07, 6.45) is 0. The summed E-state index contributed by atoms with van der Waals surface area (Å²) in [7, 11) is 0. The van der Waals surface area contributed by atoms with Crippen molar-refractivity contribution < 1.29 is 9.53 Å². The van der Waals surface area contributed by atoms with E-state index in [0.29, 0.717) is 17.1 Å². The van der Waals surface area contributed by atoms with E-state index in [1.807, 2.05) is 0 Å². The maximum atomic E-state index is 12.1. The Bertz CT molecular complexity index is 654. The van der Waals surface area contributed by atoms with Crippen LogP contribution in [0.25, 0.3) is 0 Å². The van der Waals surface area contributed by atoms with Gasteiger partial charge >= 0.3 is 0 Å². The van der Waals surface area contributed by atoms with Gasteiger partial charge < -0.3 is 10.1 Å². The SMILES string of the molecule is O=C(NCc1nc(CN2CCOCC2)cs1)c1ccc(Cl)cc1. The first-order chi connectivity index (χ1) is 11.2. The molecule has 0 unspecified atom stereocenters. The van der Waals surface area contributed by atoms with Gasteiger partial charge in [0, 0.05) is 35.6 Å². The van der Waals surface area contributed by atoms with Crippen LogP contribution >= 0.6 is 22.9 Å². The Balaban J connectivity index is 1.50. The summed E-state index contributed by atoms with van der Waals surface area (Å²) < 4.78 is 5.34. The third-order valence-electron chi connectivity index (χ3n) is 3.60. The van der Waals surface area contributed by atoms with Gasteiger partial charge in [0.2, 0.25) is 0 Å². The van der Waals surface area contributed by atoms with E-state index in [0.717, 1.165) is 43.5 Å². The summed E-state index contributed by atoms with van der Waals surface area (Å²) >= 11 is 7.39. The summed E-state index contributed by atoms with van der Waals surface area (Å²) in [5, 5.41) is 6.47. The van der Waals surface area contributed by atoms with E-state index in [2.05, 4.69) is 20.6 Å². The number of carbonyl (C=O) groups is 1. The van der Waals surface area contributed by atoms with Gasteiger partial charge in [0.25, 0.3) is 5.91 Å². The molecule has 0 saturated carbocycles. The average Bonchev–Trinajstić information content (AvgIpc) is 3.02.